The Hall–Kier alpha value is -2.35. The maximum absolute atomic E-state index is 12.5. The number of ether oxygens (including phenoxy) is 2. The molecule has 0 aliphatic rings. The van der Waals surface area contributed by atoms with Crippen molar-refractivity contribution in [2.24, 2.45) is 0 Å². The van der Waals surface area contributed by atoms with Gasteiger partial charge in [0.05, 0.1) is 11.4 Å². The molecule has 0 aliphatic carbocycles. The summed E-state index contributed by atoms with van der Waals surface area (Å²) in [6.45, 7) is 2.36. The van der Waals surface area contributed by atoms with Gasteiger partial charge in [-0.25, -0.2) is 9.48 Å². The van der Waals surface area contributed by atoms with Crippen molar-refractivity contribution in [3.8, 4) is 11.4 Å². The Morgan fingerprint density at radius 1 is 1.17 bits per heavy atom. The van der Waals surface area contributed by atoms with Crippen molar-refractivity contribution in [2.45, 2.75) is 6.92 Å². The number of thiophene rings is 1. The lowest BCUT2D eigenvalue weighted by Gasteiger charge is -2.07. The van der Waals surface area contributed by atoms with E-state index in [1.165, 1.54) is 11.3 Å². The average molecular weight is 492 g/mol. The molecule has 2 heterocycles. The van der Waals surface area contributed by atoms with Gasteiger partial charge in [0.2, 0.25) is 0 Å². The Bertz CT molecular complexity index is 1190. The van der Waals surface area contributed by atoms with Crippen LogP contribution in [0.3, 0.4) is 0 Å². The van der Waals surface area contributed by atoms with Crippen LogP contribution in [0.4, 0.5) is 0 Å². The second kappa shape index (κ2) is 8.57. The molecule has 2 aromatic heterocycles. The number of fused-ring (bicyclic) bond motifs is 1. The molecule has 0 bridgehead atoms. The lowest BCUT2D eigenvalue weighted by Crippen LogP contribution is -2.11. The first kappa shape index (κ1) is 19.9. The number of esters is 1. The molecule has 0 saturated carbocycles. The standard InChI is InChI=1S/C21H16BrClN2O3S/c1-13-18-12-19(21(26)28-9-8-27-17-7-2-4-14(22)10-17)29-20(18)25(24-13)16-6-3-5-15(23)11-16/h2-7,10-12H,8-9H2,1H3. The lowest BCUT2D eigenvalue weighted by atomic mass is 10.3. The summed E-state index contributed by atoms with van der Waals surface area (Å²) in [5, 5.41) is 6.12. The Morgan fingerprint density at radius 3 is 2.79 bits per heavy atom. The molecule has 5 nitrogen and oxygen atoms in total. The maximum atomic E-state index is 12.5. The highest BCUT2D eigenvalue weighted by atomic mass is 79.9. The molecule has 0 spiro atoms. The molecule has 0 fully saturated rings. The van der Waals surface area contributed by atoms with Gasteiger partial charge in [0, 0.05) is 14.9 Å². The van der Waals surface area contributed by atoms with Crippen molar-refractivity contribution in [2.75, 3.05) is 13.2 Å². The van der Waals surface area contributed by atoms with E-state index < -0.39 is 0 Å². The van der Waals surface area contributed by atoms with Crippen molar-refractivity contribution in [1.82, 2.24) is 9.78 Å². The van der Waals surface area contributed by atoms with Crippen LogP contribution in [0, 0.1) is 6.92 Å². The van der Waals surface area contributed by atoms with E-state index in [-0.39, 0.29) is 19.2 Å². The van der Waals surface area contributed by atoms with E-state index in [1.54, 1.807) is 4.68 Å². The maximum Gasteiger partial charge on any atom is 0.348 e. The van der Waals surface area contributed by atoms with Crippen LogP contribution in [-0.4, -0.2) is 29.0 Å². The second-order valence-corrected chi connectivity index (χ2v) is 8.63. The third-order valence-corrected chi connectivity index (χ3v) is 6.00. The Labute approximate surface area is 184 Å². The average Bonchev–Trinajstić information content (AvgIpc) is 3.26. The van der Waals surface area contributed by atoms with E-state index in [0.717, 1.165) is 31.8 Å². The molecule has 2 aromatic carbocycles. The Morgan fingerprint density at radius 2 is 2.00 bits per heavy atom. The first-order valence-corrected chi connectivity index (χ1v) is 10.8. The summed E-state index contributed by atoms with van der Waals surface area (Å²) in [5.41, 5.74) is 1.69. The van der Waals surface area contributed by atoms with Gasteiger partial charge in [-0.15, -0.1) is 11.3 Å². The number of aryl methyl sites for hydroxylation is 1. The fourth-order valence-electron chi connectivity index (χ4n) is 2.85. The van der Waals surface area contributed by atoms with E-state index >= 15 is 0 Å². The van der Waals surface area contributed by atoms with Crippen molar-refractivity contribution in [3.05, 3.63) is 74.7 Å². The van der Waals surface area contributed by atoms with E-state index in [1.807, 2.05) is 61.5 Å². The zero-order valence-corrected chi connectivity index (χ0v) is 18.6. The Kier molecular flexibility index (Phi) is 5.89. The van der Waals surface area contributed by atoms with Gasteiger partial charge in [0.1, 0.15) is 28.7 Å². The normalized spacial score (nSPS) is 11.0. The zero-order chi connectivity index (χ0) is 20.4. The van der Waals surface area contributed by atoms with E-state index in [4.69, 9.17) is 21.1 Å². The number of carbonyl (C=O) groups excluding carboxylic acids is 1. The highest BCUT2D eigenvalue weighted by Gasteiger charge is 2.18. The molecule has 0 unspecified atom stereocenters. The monoisotopic (exact) mass is 490 g/mol. The second-order valence-electron chi connectivity index (χ2n) is 6.25. The number of rotatable bonds is 6. The molecule has 0 radical (unpaired) electrons. The number of carbonyl (C=O) groups is 1. The number of hydrogen-bond donors (Lipinski definition) is 0. The van der Waals surface area contributed by atoms with Crippen LogP contribution in [0.5, 0.6) is 5.75 Å². The Balaban J connectivity index is 1.45. The largest absolute Gasteiger partial charge is 0.490 e. The minimum atomic E-state index is -0.374. The van der Waals surface area contributed by atoms with Crippen LogP contribution in [0.25, 0.3) is 15.9 Å². The van der Waals surface area contributed by atoms with Crippen molar-refractivity contribution in [3.63, 3.8) is 0 Å². The van der Waals surface area contributed by atoms with E-state index in [0.29, 0.717) is 9.90 Å². The number of nitrogens with zero attached hydrogens (tertiary/aromatic N) is 2. The number of hydrogen-bond acceptors (Lipinski definition) is 5. The zero-order valence-electron chi connectivity index (χ0n) is 15.4. The van der Waals surface area contributed by atoms with E-state index in [9.17, 15) is 4.79 Å². The summed E-state index contributed by atoms with van der Waals surface area (Å²) in [6, 6.07) is 16.8. The van der Waals surface area contributed by atoms with Gasteiger partial charge in [-0.3, -0.25) is 0 Å². The molecule has 0 amide bonds. The molecule has 148 valence electrons. The summed E-state index contributed by atoms with van der Waals surface area (Å²) in [5.74, 6) is 0.343. The van der Waals surface area contributed by atoms with Crippen LogP contribution in [0.2, 0.25) is 5.02 Å². The molecule has 8 heteroatoms. The third kappa shape index (κ3) is 4.47. The molecule has 0 saturated heterocycles. The van der Waals surface area contributed by atoms with Gasteiger partial charge in [-0.1, -0.05) is 39.7 Å². The summed E-state index contributed by atoms with van der Waals surface area (Å²) >= 11 is 10.8. The number of aromatic nitrogens is 2. The molecule has 0 atom stereocenters. The first-order chi connectivity index (χ1) is 14.0. The number of halogens is 2. The summed E-state index contributed by atoms with van der Waals surface area (Å²) in [6.07, 6.45) is 0. The van der Waals surface area contributed by atoms with Gasteiger partial charge in [-0.2, -0.15) is 5.10 Å². The molecule has 4 rings (SSSR count). The minimum absolute atomic E-state index is 0.166. The first-order valence-electron chi connectivity index (χ1n) is 8.82. The summed E-state index contributed by atoms with van der Waals surface area (Å²) in [7, 11) is 0. The molecular formula is C21H16BrClN2O3S. The van der Waals surface area contributed by atoms with Crippen LogP contribution in [0.15, 0.2) is 59.1 Å². The van der Waals surface area contributed by atoms with Crippen molar-refractivity contribution in [1.29, 1.82) is 0 Å². The smallest absolute Gasteiger partial charge is 0.348 e. The molecule has 4 aromatic rings. The molecular weight excluding hydrogens is 476 g/mol. The molecule has 29 heavy (non-hydrogen) atoms. The fraction of sp³-hybridized carbons (Fsp3) is 0.143. The van der Waals surface area contributed by atoms with Gasteiger partial charge in [0.15, 0.2) is 0 Å². The van der Waals surface area contributed by atoms with Gasteiger partial charge in [0.25, 0.3) is 0 Å². The summed E-state index contributed by atoms with van der Waals surface area (Å²) in [4.78, 5) is 13.9. The molecule has 0 aliphatic heterocycles. The van der Waals surface area contributed by atoms with Crippen LogP contribution >= 0.6 is 38.9 Å². The van der Waals surface area contributed by atoms with E-state index in [2.05, 4.69) is 21.0 Å². The fourth-order valence-corrected chi connectivity index (χ4v) is 4.49. The van der Waals surface area contributed by atoms with Crippen LogP contribution in [0.1, 0.15) is 15.4 Å². The van der Waals surface area contributed by atoms with Gasteiger partial charge < -0.3 is 9.47 Å². The van der Waals surface area contributed by atoms with Crippen molar-refractivity contribution < 1.29 is 14.3 Å². The summed E-state index contributed by atoms with van der Waals surface area (Å²) < 4.78 is 13.7. The quantitative estimate of drug-likeness (QED) is 0.243. The lowest BCUT2D eigenvalue weighted by molar-refractivity contribution is 0.0456. The topological polar surface area (TPSA) is 53.4 Å². The number of benzene rings is 2. The predicted molar refractivity (Wildman–Crippen MR) is 119 cm³/mol. The van der Waals surface area contributed by atoms with Crippen LogP contribution < -0.4 is 4.74 Å². The highest BCUT2D eigenvalue weighted by molar-refractivity contribution is 9.10. The highest BCUT2D eigenvalue weighted by Crippen LogP contribution is 2.31. The minimum Gasteiger partial charge on any atom is -0.490 e. The third-order valence-electron chi connectivity index (χ3n) is 4.18. The molecule has 0 N–H and O–H groups in total. The van der Waals surface area contributed by atoms with Gasteiger partial charge >= 0.3 is 5.97 Å². The predicted octanol–water partition coefficient (Wildman–Crippen LogP) is 6.05. The van der Waals surface area contributed by atoms with Crippen LogP contribution in [-0.2, 0) is 4.74 Å². The van der Waals surface area contributed by atoms with Gasteiger partial charge in [-0.05, 0) is 49.4 Å². The SMILES string of the molecule is Cc1nn(-c2cccc(Cl)c2)c2sc(C(=O)OCCOc3cccc(Br)c3)cc12. The van der Waals surface area contributed by atoms with Crippen molar-refractivity contribution >= 4 is 55.1 Å².